The van der Waals surface area contributed by atoms with Crippen molar-refractivity contribution in [3.05, 3.63) is 28.5 Å². The highest BCUT2D eigenvalue weighted by Crippen LogP contribution is 2.34. The van der Waals surface area contributed by atoms with Crippen LogP contribution in [-0.4, -0.2) is 21.1 Å². The predicted octanol–water partition coefficient (Wildman–Crippen LogP) is 3.02. The Labute approximate surface area is 121 Å². The molecule has 1 aliphatic carbocycles. The van der Waals surface area contributed by atoms with Crippen molar-refractivity contribution in [3.63, 3.8) is 0 Å². The third kappa shape index (κ3) is 2.75. The predicted molar refractivity (Wildman–Crippen MR) is 79.1 cm³/mol. The molecule has 0 saturated heterocycles. The molecule has 1 aliphatic rings. The summed E-state index contributed by atoms with van der Waals surface area (Å²) in [7, 11) is 0. The number of thiazole rings is 1. The molecule has 0 spiro atoms. The Morgan fingerprint density at radius 3 is 3.25 bits per heavy atom. The maximum atomic E-state index is 11.9. The van der Waals surface area contributed by atoms with Crippen molar-refractivity contribution in [3.8, 4) is 0 Å². The Kier molecular flexibility index (Phi) is 3.82. The van der Waals surface area contributed by atoms with Crippen LogP contribution in [0.3, 0.4) is 0 Å². The van der Waals surface area contributed by atoms with E-state index in [1.165, 1.54) is 29.8 Å². The van der Waals surface area contributed by atoms with Crippen molar-refractivity contribution in [1.29, 1.82) is 0 Å². The minimum Gasteiger partial charge on any atom is -0.296 e. The smallest absolute Gasteiger partial charge is 0.275 e. The first-order valence-electron chi connectivity index (χ1n) is 7.05. The van der Waals surface area contributed by atoms with Crippen molar-refractivity contribution in [1.82, 2.24) is 15.2 Å². The molecule has 0 saturated carbocycles. The van der Waals surface area contributed by atoms with Crippen LogP contribution in [0.15, 0.2) is 12.3 Å². The highest BCUT2D eigenvalue weighted by atomic mass is 32.1. The number of carbonyl (C=O) groups is 1. The number of aromatic amines is 1. The number of carbonyl (C=O) groups excluding carboxylic acids is 1. The molecule has 0 fully saturated rings. The number of anilines is 1. The molecule has 0 radical (unpaired) electrons. The third-order valence-electron chi connectivity index (χ3n) is 3.70. The first-order valence-corrected chi connectivity index (χ1v) is 7.87. The largest absolute Gasteiger partial charge is 0.296 e. The zero-order valence-corrected chi connectivity index (χ0v) is 12.3. The Bertz CT molecular complexity index is 590. The van der Waals surface area contributed by atoms with Crippen LogP contribution >= 0.6 is 11.3 Å². The van der Waals surface area contributed by atoms with Gasteiger partial charge in [-0.3, -0.25) is 15.2 Å². The molecule has 2 heterocycles. The van der Waals surface area contributed by atoms with E-state index >= 15 is 0 Å². The van der Waals surface area contributed by atoms with Gasteiger partial charge in [-0.25, -0.2) is 4.98 Å². The van der Waals surface area contributed by atoms with Crippen molar-refractivity contribution in [2.75, 3.05) is 5.32 Å². The van der Waals surface area contributed by atoms with Gasteiger partial charge in [-0.05, 0) is 31.2 Å². The second kappa shape index (κ2) is 5.75. The molecule has 20 heavy (non-hydrogen) atoms. The summed E-state index contributed by atoms with van der Waals surface area (Å²) in [5, 5.41) is 9.98. The van der Waals surface area contributed by atoms with E-state index in [-0.39, 0.29) is 5.91 Å². The minimum absolute atomic E-state index is 0.182. The maximum absolute atomic E-state index is 11.9. The highest BCUT2D eigenvalue weighted by Gasteiger charge is 2.22. The Morgan fingerprint density at radius 2 is 2.50 bits per heavy atom. The normalized spacial score (nSPS) is 17.8. The molecule has 6 heteroatoms. The minimum atomic E-state index is -0.182. The first kappa shape index (κ1) is 13.3. The number of hydrogen-bond donors (Lipinski definition) is 2. The van der Waals surface area contributed by atoms with Gasteiger partial charge in [-0.2, -0.15) is 5.10 Å². The van der Waals surface area contributed by atoms with Crippen LogP contribution in [0, 0.1) is 5.92 Å². The van der Waals surface area contributed by atoms with E-state index in [1.807, 2.05) is 0 Å². The van der Waals surface area contributed by atoms with Crippen LogP contribution in [0.4, 0.5) is 5.13 Å². The molecule has 0 aromatic carbocycles. The molecule has 106 valence electrons. The van der Waals surface area contributed by atoms with Gasteiger partial charge in [0.2, 0.25) is 0 Å². The molecule has 0 aliphatic heterocycles. The number of rotatable bonds is 4. The monoisotopic (exact) mass is 290 g/mol. The van der Waals surface area contributed by atoms with Crippen molar-refractivity contribution in [2.45, 2.75) is 39.0 Å². The SMILES string of the molecule is CCCC1CCc2nc(NC(=O)c3ccn[nH]3)sc2C1. The lowest BCUT2D eigenvalue weighted by Crippen LogP contribution is -2.13. The maximum Gasteiger partial charge on any atom is 0.275 e. The highest BCUT2D eigenvalue weighted by molar-refractivity contribution is 7.15. The fourth-order valence-electron chi connectivity index (χ4n) is 2.70. The summed E-state index contributed by atoms with van der Waals surface area (Å²) in [4.78, 5) is 17.8. The van der Waals surface area contributed by atoms with Crippen LogP contribution in [0.1, 0.15) is 47.2 Å². The zero-order valence-electron chi connectivity index (χ0n) is 11.5. The van der Waals surface area contributed by atoms with Crippen LogP contribution in [-0.2, 0) is 12.8 Å². The summed E-state index contributed by atoms with van der Waals surface area (Å²) < 4.78 is 0. The van der Waals surface area contributed by atoms with Crippen LogP contribution in [0.25, 0.3) is 0 Å². The molecule has 1 atom stereocenters. The van der Waals surface area contributed by atoms with Gasteiger partial charge < -0.3 is 0 Å². The third-order valence-corrected chi connectivity index (χ3v) is 4.74. The van der Waals surface area contributed by atoms with E-state index in [0.717, 1.165) is 18.8 Å². The number of fused-ring (bicyclic) bond motifs is 1. The lowest BCUT2D eigenvalue weighted by molar-refractivity contribution is 0.102. The fourth-order valence-corrected chi connectivity index (χ4v) is 3.82. The van der Waals surface area contributed by atoms with Gasteiger partial charge in [0, 0.05) is 11.1 Å². The number of aromatic nitrogens is 3. The van der Waals surface area contributed by atoms with E-state index in [1.54, 1.807) is 23.6 Å². The summed E-state index contributed by atoms with van der Waals surface area (Å²) in [5.74, 6) is 0.600. The molecule has 0 bridgehead atoms. The second-order valence-electron chi connectivity index (χ2n) is 5.21. The van der Waals surface area contributed by atoms with Gasteiger partial charge in [0.1, 0.15) is 5.69 Å². The lowest BCUT2D eigenvalue weighted by Gasteiger charge is -2.19. The van der Waals surface area contributed by atoms with Crippen LogP contribution < -0.4 is 5.32 Å². The average Bonchev–Trinajstić information content (AvgIpc) is 3.06. The zero-order chi connectivity index (χ0) is 13.9. The molecule has 2 aromatic rings. The molecule has 2 aromatic heterocycles. The van der Waals surface area contributed by atoms with Gasteiger partial charge >= 0.3 is 0 Å². The molecule has 2 N–H and O–H groups in total. The van der Waals surface area contributed by atoms with Crippen molar-refractivity contribution >= 4 is 22.4 Å². The Balaban J connectivity index is 1.69. The van der Waals surface area contributed by atoms with E-state index in [9.17, 15) is 4.79 Å². The Hall–Kier alpha value is -1.69. The molecule has 5 nitrogen and oxygen atoms in total. The topological polar surface area (TPSA) is 70.7 Å². The number of amides is 1. The van der Waals surface area contributed by atoms with Crippen LogP contribution in [0.2, 0.25) is 0 Å². The molecule has 1 unspecified atom stereocenters. The van der Waals surface area contributed by atoms with Gasteiger partial charge in [0.25, 0.3) is 5.91 Å². The summed E-state index contributed by atoms with van der Waals surface area (Å²) in [5.41, 5.74) is 1.63. The molecule has 3 rings (SSSR count). The number of hydrogen-bond acceptors (Lipinski definition) is 4. The van der Waals surface area contributed by atoms with Crippen molar-refractivity contribution < 1.29 is 4.79 Å². The summed E-state index contributed by atoms with van der Waals surface area (Å²) in [6.07, 6.45) is 7.46. The average molecular weight is 290 g/mol. The van der Waals surface area contributed by atoms with E-state index < -0.39 is 0 Å². The number of H-pyrrole nitrogens is 1. The van der Waals surface area contributed by atoms with Gasteiger partial charge in [0.05, 0.1) is 5.69 Å². The van der Waals surface area contributed by atoms with Gasteiger partial charge in [0.15, 0.2) is 5.13 Å². The van der Waals surface area contributed by atoms with E-state index in [0.29, 0.717) is 10.8 Å². The number of nitrogens with zero attached hydrogens (tertiary/aromatic N) is 2. The summed E-state index contributed by atoms with van der Waals surface area (Å²) >= 11 is 1.61. The molecular formula is C14H18N4OS. The Morgan fingerprint density at radius 1 is 1.60 bits per heavy atom. The first-order chi connectivity index (χ1) is 9.76. The second-order valence-corrected chi connectivity index (χ2v) is 6.29. The van der Waals surface area contributed by atoms with Gasteiger partial charge in [-0.1, -0.05) is 19.8 Å². The van der Waals surface area contributed by atoms with Crippen molar-refractivity contribution in [2.24, 2.45) is 5.92 Å². The van der Waals surface area contributed by atoms with Crippen LogP contribution in [0.5, 0.6) is 0 Å². The van der Waals surface area contributed by atoms with Gasteiger partial charge in [-0.15, -0.1) is 11.3 Å². The molecule has 1 amide bonds. The number of aryl methyl sites for hydroxylation is 1. The number of nitrogens with one attached hydrogen (secondary N) is 2. The lowest BCUT2D eigenvalue weighted by atomic mass is 9.88. The fraction of sp³-hybridized carbons (Fsp3) is 0.500. The standard InChI is InChI=1S/C14H18N4OS/c1-2-3-9-4-5-10-12(8-9)20-14(16-10)17-13(19)11-6-7-15-18-11/h6-7,9H,2-5,8H2,1H3,(H,15,18)(H,16,17,19). The summed E-state index contributed by atoms with van der Waals surface area (Å²) in [6.45, 7) is 2.23. The van der Waals surface area contributed by atoms with E-state index in [4.69, 9.17) is 0 Å². The van der Waals surface area contributed by atoms with E-state index in [2.05, 4.69) is 27.4 Å². The quantitative estimate of drug-likeness (QED) is 0.909. The molecular weight excluding hydrogens is 272 g/mol. The summed E-state index contributed by atoms with van der Waals surface area (Å²) in [6, 6.07) is 1.65.